The first-order chi connectivity index (χ1) is 21.9. The van der Waals surface area contributed by atoms with Crippen molar-refractivity contribution in [1.82, 2.24) is 19.6 Å². The zero-order valence-electron chi connectivity index (χ0n) is 27.6. The van der Waals surface area contributed by atoms with E-state index in [4.69, 9.17) is 4.74 Å². The van der Waals surface area contributed by atoms with E-state index in [-0.39, 0.29) is 23.5 Å². The minimum absolute atomic E-state index is 0.0196. The van der Waals surface area contributed by atoms with Crippen molar-refractivity contribution in [2.75, 3.05) is 31.1 Å². The third-order valence-electron chi connectivity index (χ3n) is 9.50. The number of hydrogen-bond donors (Lipinski definition) is 0. The molecule has 6 rings (SSSR count). The fraction of sp³-hybridized carbons (Fsp3) is 0.528. The van der Waals surface area contributed by atoms with Gasteiger partial charge in [-0.15, -0.1) is 0 Å². The number of rotatable bonds is 5. The van der Waals surface area contributed by atoms with Crippen molar-refractivity contribution in [3.05, 3.63) is 64.5 Å². The first-order valence-corrected chi connectivity index (χ1v) is 16.5. The minimum Gasteiger partial charge on any atom is -0.444 e. The number of carbonyl (C=O) groups excluding carboxylic acids is 2. The van der Waals surface area contributed by atoms with Crippen LogP contribution in [-0.4, -0.2) is 63.4 Å². The van der Waals surface area contributed by atoms with Crippen LogP contribution in [0.4, 0.5) is 25.0 Å². The topological polar surface area (TPSA) is 70.9 Å². The molecule has 4 heterocycles. The molecular weight excluding hydrogens is 588 g/mol. The highest BCUT2D eigenvalue weighted by Crippen LogP contribution is 2.45. The van der Waals surface area contributed by atoms with Gasteiger partial charge in [0.05, 0.1) is 12.7 Å². The Balaban J connectivity index is 1.47. The smallest absolute Gasteiger partial charge is 0.410 e. The number of aromatic nitrogens is 2. The second kappa shape index (κ2) is 12.7. The van der Waals surface area contributed by atoms with Gasteiger partial charge in [0.15, 0.2) is 0 Å². The molecule has 3 aliphatic rings. The van der Waals surface area contributed by atoms with Gasteiger partial charge in [0.1, 0.15) is 5.60 Å². The molecule has 0 N–H and O–H groups in total. The summed E-state index contributed by atoms with van der Waals surface area (Å²) < 4.78 is 36.8. The van der Waals surface area contributed by atoms with Crippen LogP contribution < -0.4 is 4.90 Å². The molecule has 2 aromatic carbocycles. The molecule has 1 aromatic heterocycles. The average molecular weight is 634 g/mol. The second-order valence-electron chi connectivity index (χ2n) is 13.9. The number of hydrogen-bond acceptors (Lipinski definition) is 5. The van der Waals surface area contributed by atoms with E-state index in [1.165, 1.54) is 0 Å². The molecule has 0 radical (unpaired) electrons. The molecule has 46 heavy (non-hydrogen) atoms. The van der Waals surface area contributed by atoms with E-state index in [9.17, 15) is 18.4 Å². The molecule has 0 aliphatic carbocycles. The molecule has 1 saturated heterocycles. The van der Waals surface area contributed by atoms with Crippen molar-refractivity contribution in [1.29, 1.82) is 0 Å². The van der Waals surface area contributed by atoms with Gasteiger partial charge in [0, 0.05) is 68.3 Å². The highest BCUT2D eigenvalue weighted by atomic mass is 19.3. The normalized spacial score (nSPS) is 18.8. The zero-order valence-corrected chi connectivity index (χ0v) is 27.6. The van der Waals surface area contributed by atoms with E-state index in [0.717, 1.165) is 72.3 Å². The van der Waals surface area contributed by atoms with Crippen LogP contribution in [0, 0.1) is 0 Å². The van der Waals surface area contributed by atoms with Crippen molar-refractivity contribution < 1.29 is 23.1 Å². The molecular formula is C36H45F2N5O3. The second-order valence-corrected chi connectivity index (χ2v) is 13.9. The standard InChI is InChI=1S/C36H45F2N5O3/c1-6-41-14-11-23(18-33(41)44)26-15-24-9-7-12-42(35(45)46-36(2,3)4)22-30(24)32(17-26)43-13-8-10-25-16-28(27-20-39-40(5)21-27)29(34(37)38)19-31(25)43/h15-17,19-21,23,34H,6-14,18,22H2,1-5H3. The molecule has 3 aliphatic heterocycles. The highest BCUT2D eigenvalue weighted by molar-refractivity contribution is 5.80. The number of alkyl halides is 2. The van der Waals surface area contributed by atoms with Crippen molar-refractivity contribution in [3.8, 4) is 11.1 Å². The van der Waals surface area contributed by atoms with Gasteiger partial charge in [-0.3, -0.25) is 9.48 Å². The number of likely N-dealkylation sites (tertiary alicyclic amines) is 1. The maximum atomic E-state index is 14.7. The van der Waals surface area contributed by atoms with E-state index >= 15 is 0 Å². The minimum atomic E-state index is -2.66. The number of amides is 2. The van der Waals surface area contributed by atoms with E-state index in [2.05, 4.69) is 22.1 Å². The fourth-order valence-electron chi connectivity index (χ4n) is 7.22. The molecule has 3 aromatic rings. The first kappa shape index (κ1) is 32.0. The van der Waals surface area contributed by atoms with Gasteiger partial charge >= 0.3 is 6.09 Å². The zero-order chi connectivity index (χ0) is 32.7. The van der Waals surface area contributed by atoms with E-state index < -0.39 is 12.0 Å². The number of nitrogens with zero attached hydrogens (tertiary/aromatic N) is 5. The van der Waals surface area contributed by atoms with Gasteiger partial charge in [-0.1, -0.05) is 6.07 Å². The van der Waals surface area contributed by atoms with Gasteiger partial charge in [-0.05, 0) is 112 Å². The lowest BCUT2D eigenvalue weighted by molar-refractivity contribution is -0.133. The predicted octanol–water partition coefficient (Wildman–Crippen LogP) is 7.52. The summed E-state index contributed by atoms with van der Waals surface area (Å²) in [5.41, 5.74) is 6.54. The van der Waals surface area contributed by atoms with Crippen molar-refractivity contribution in [3.63, 3.8) is 0 Å². The molecule has 10 heteroatoms. The summed E-state index contributed by atoms with van der Waals surface area (Å²) in [6.45, 7) is 10.6. The average Bonchev–Trinajstić information content (AvgIpc) is 3.32. The third kappa shape index (κ3) is 6.48. The van der Waals surface area contributed by atoms with E-state index in [0.29, 0.717) is 43.7 Å². The molecule has 8 nitrogen and oxygen atoms in total. The Kier molecular flexibility index (Phi) is 8.83. The first-order valence-electron chi connectivity index (χ1n) is 16.5. The maximum absolute atomic E-state index is 14.7. The van der Waals surface area contributed by atoms with Crippen LogP contribution in [0.25, 0.3) is 11.1 Å². The molecule has 2 amide bonds. The van der Waals surface area contributed by atoms with Gasteiger partial charge in [-0.2, -0.15) is 5.10 Å². The van der Waals surface area contributed by atoms with Crippen LogP contribution in [0.5, 0.6) is 0 Å². The maximum Gasteiger partial charge on any atom is 0.410 e. The van der Waals surface area contributed by atoms with E-state index in [1.807, 2.05) is 38.7 Å². The quantitative estimate of drug-likeness (QED) is 0.291. The number of piperidine rings is 1. The molecule has 1 atom stereocenters. The molecule has 1 fully saturated rings. The summed E-state index contributed by atoms with van der Waals surface area (Å²) in [4.78, 5) is 32.1. The predicted molar refractivity (Wildman–Crippen MR) is 175 cm³/mol. The lowest BCUT2D eigenvalue weighted by Gasteiger charge is -2.37. The summed E-state index contributed by atoms with van der Waals surface area (Å²) >= 11 is 0. The number of fused-ring (bicyclic) bond motifs is 2. The molecule has 0 saturated carbocycles. The summed E-state index contributed by atoms with van der Waals surface area (Å²) in [6, 6.07) is 7.97. The Hall–Kier alpha value is -3.95. The van der Waals surface area contributed by atoms with Crippen LogP contribution in [0.2, 0.25) is 0 Å². The lowest BCUT2D eigenvalue weighted by Crippen LogP contribution is -2.38. The number of aryl methyl sites for hydroxylation is 3. The Bertz CT molecular complexity index is 1630. The number of halogens is 2. The van der Waals surface area contributed by atoms with Crippen LogP contribution in [-0.2, 0) is 36.0 Å². The van der Waals surface area contributed by atoms with Crippen molar-refractivity contribution in [2.45, 2.75) is 90.7 Å². The number of carbonyl (C=O) groups is 2. The SMILES string of the molecule is CCN1CCC(c2cc3c(c(N4CCCc5cc(-c6cnn(C)c6)c(C(F)F)cc54)c2)CN(C(=O)OC(C)(C)C)CCC3)CC1=O. The molecule has 246 valence electrons. The number of anilines is 2. The monoisotopic (exact) mass is 633 g/mol. The Morgan fingerprint density at radius 2 is 1.80 bits per heavy atom. The Labute approximate surface area is 270 Å². The molecule has 0 bridgehead atoms. The largest absolute Gasteiger partial charge is 0.444 e. The number of ether oxygens (including phenoxy) is 1. The summed E-state index contributed by atoms with van der Waals surface area (Å²) in [5, 5.41) is 4.23. The van der Waals surface area contributed by atoms with Gasteiger partial charge < -0.3 is 19.4 Å². The summed E-state index contributed by atoms with van der Waals surface area (Å²) in [6.07, 6.45) is 4.91. The third-order valence-corrected chi connectivity index (χ3v) is 9.50. The summed E-state index contributed by atoms with van der Waals surface area (Å²) in [7, 11) is 1.78. The van der Waals surface area contributed by atoms with E-state index in [1.54, 1.807) is 35.1 Å². The van der Waals surface area contributed by atoms with Crippen molar-refractivity contribution >= 4 is 23.4 Å². The van der Waals surface area contributed by atoms with Gasteiger partial charge in [0.25, 0.3) is 6.43 Å². The summed E-state index contributed by atoms with van der Waals surface area (Å²) in [5.74, 6) is 0.248. The van der Waals surface area contributed by atoms with Gasteiger partial charge in [-0.25, -0.2) is 13.6 Å². The van der Waals surface area contributed by atoms with Gasteiger partial charge in [0.2, 0.25) is 5.91 Å². The Morgan fingerprint density at radius 1 is 1.04 bits per heavy atom. The molecule has 0 spiro atoms. The fourth-order valence-corrected chi connectivity index (χ4v) is 7.22. The molecule has 1 unspecified atom stereocenters. The van der Waals surface area contributed by atoms with Crippen LogP contribution in [0.3, 0.4) is 0 Å². The van der Waals surface area contributed by atoms with Crippen LogP contribution in [0.15, 0.2) is 36.7 Å². The van der Waals surface area contributed by atoms with Crippen LogP contribution in [0.1, 0.15) is 93.5 Å². The van der Waals surface area contributed by atoms with Crippen molar-refractivity contribution in [2.24, 2.45) is 7.05 Å². The highest BCUT2D eigenvalue weighted by Gasteiger charge is 2.33. The number of benzene rings is 2. The Morgan fingerprint density at radius 3 is 2.48 bits per heavy atom. The lowest BCUT2D eigenvalue weighted by atomic mass is 9.85. The van der Waals surface area contributed by atoms with Crippen LogP contribution >= 0.6 is 0 Å².